The summed E-state index contributed by atoms with van der Waals surface area (Å²) in [6.45, 7) is 4.95. The van der Waals surface area contributed by atoms with Gasteiger partial charge in [0.2, 0.25) is 0 Å². The molecular formula is C16H23ClN2. The molecule has 1 aromatic carbocycles. The highest BCUT2D eigenvalue weighted by Gasteiger charge is 2.25. The molecule has 0 radical (unpaired) electrons. The van der Waals surface area contributed by atoms with E-state index in [0.29, 0.717) is 0 Å². The van der Waals surface area contributed by atoms with Gasteiger partial charge in [0, 0.05) is 24.2 Å². The lowest BCUT2D eigenvalue weighted by Crippen LogP contribution is -2.28. The van der Waals surface area contributed by atoms with E-state index in [2.05, 4.69) is 22.3 Å². The van der Waals surface area contributed by atoms with Crippen LogP contribution >= 0.6 is 11.6 Å². The zero-order valence-corrected chi connectivity index (χ0v) is 12.2. The number of nitrogens with zero attached hydrogens (tertiary/aromatic N) is 1. The third-order valence-electron chi connectivity index (χ3n) is 4.27. The van der Waals surface area contributed by atoms with Crippen molar-refractivity contribution in [2.45, 2.75) is 31.7 Å². The van der Waals surface area contributed by atoms with E-state index in [1.165, 1.54) is 51.0 Å². The first-order valence-corrected chi connectivity index (χ1v) is 7.87. The first-order valence-electron chi connectivity index (χ1n) is 7.50. The van der Waals surface area contributed by atoms with Gasteiger partial charge in [-0.05, 0) is 62.4 Å². The number of hydrogen-bond donors (Lipinski definition) is 1. The molecule has 1 saturated carbocycles. The Hall–Kier alpha value is -0.570. The van der Waals surface area contributed by atoms with Crippen molar-refractivity contribution in [3.8, 4) is 0 Å². The lowest BCUT2D eigenvalue weighted by Gasteiger charge is -2.16. The summed E-state index contributed by atoms with van der Waals surface area (Å²) in [6.07, 6.45) is 5.29. The molecule has 1 N–H and O–H groups in total. The minimum Gasteiger partial charge on any atom is -0.314 e. The topological polar surface area (TPSA) is 15.3 Å². The molecule has 19 heavy (non-hydrogen) atoms. The second-order valence-corrected chi connectivity index (χ2v) is 6.45. The van der Waals surface area contributed by atoms with Gasteiger partial charge in [-0.25, -0.2) is 0 Å². The summed E-state index contributed by atoms with van der Waals surface area (Å²) in [7, 11) is 0. The van der Waals surface area contributed by atoms with Gasteiger partial charge in [0.15, 0.2) is 0 Å². The van der Waals surface area contributed by atoms with Gasteiger partial charge in [-0.1, -0.05) is 23.7 Å². The molecule has 1 heterocycles. The number of benzene rings is 1. The van der Waals surface area contributed by atoms with Crippen LogP contribution in [0.1, 0.15) is 24.8 Å². The lowest BCUT2D eigenvalue weighted by molar-refractivity contribution is 0.325. The van der Waals surface area contributed by atoms with E-state index in [9.17, 15) is 0 Å². The molecule has 3 heteroatoms. The van der Waals surface area contributed by atoms with Crippen LogP contribution in [0.15, 0.2) is 24.3 Å². The van der Waals surface area contributed by atoms with Crippen LogP contribution in [0.2, 0.25) is 5.02 Å². The molecule has 0 spiro atoms. The summed E-state index contributed by atoms with van der Waals surface area (Å²) < 4.78 is 0. The largest absolute Gasteiger partial charge is 0.314 e. The van der Waals surface area contributed by atoms with Crippen LogP contribution in [0.4, 0.5) is 0 Å². The Morgan fingerprint density at radius 3 is 2.68 bits per heavy atom. The van der Waals surface area contributed by atoms with Crippen LogP contribution in [-0.4, -0.2) is 37.1 Å². The number of likely N-dealkylation sites (tertiary alicyclic amines) is 1. The maximum atomic E-state index is 5.91. The van der Waals surface area contributed by atoms with E-state index >= 15 is 0 Å². The molecule has 1 atom stereocenters. The van der Waals surface area contributed by atoms with Gasteiger partial charge in [-0.3, -0.25) is 0 Å². The Labute approximate surface area is 121 Å². The molecule has 1 unspecified atom stereocenters. The van der Waals surface area contributed by atoms with E-state index in [1.54, 1.807) is 0 Å². The van der Waals surface area contributed by atoms with Crippen LogP contribution < -0.4 is 5.32 Å². The van der Waals surface area contributed by atoms with Gasteiger partial charge < -0.3 is 10.2 Å². The van der Waals surface area contributed by atoms with Crippen molar-refractivity contribution in [1.82, 2.24) is 10.2 Å². The monoisotopic (exact) mass is 278 g/mol. The predicted molar refractivity (Wildman–Crippen MR) is 80.7 cm³/mol. The van der Waals surface area contributed by atoms with Crippen molar-refractivity contribution < 1.29 is 0 Å². The Morgan fingerprint density at radius 2 is 1.95 bits per heavy atom. The van der Waals surface area contributed by atoms with E-state index in [1.807, 2.05) is 12.1 Å². The van der Waals surface area contributed by atoms with Crippen LogP contribution in [0, 0.1) is 5.92 Å². The molecular weight excluding hydrogens is 256 g/mol. The summed E-state index contributed by atoms with van der Waals surface area (Å²) in [4.78, 5) is 2.61. The predicted octanol–water partition coefficient (Wildman–Crippen LogP) is 2.96. The summed E-state index contributed by atoms with van der Waals surface area (Å²) in [5.41, 5.74) is 1.39. The highest BCUT2D eigenvalue weighted by molar-refractivity contribution is 6.30. The van der Waals surface area contributed by atoms with E-state index < -0.39 is 0 Å². The fraction of sp³-hybridized carbons (Fsp3) is 0.625. The summed E-state index contributed by atoms with van der Waals surface area (Å²) in [5.74, 6) is 0.866. The fourth-order valence-corrected chi connectivity index (χ4v) is 2.97. The molecule has 3 rings (SSSR count). The second-order valence-electron chi connectivity index (χ2n) is 6.01. The summed E-state index contributed by atoms with van der Waals surface area (Å²) in [5, 5.41) is 4.49. The number of nitrogens with one attached hydrogen (secondary N) is 1. The second kappa shape index (κ2) is 6.25. The molecule has 1 aliphatic carbocycles. The minimum atomic E-state index is 0.830. The molecule has 2 aliphatic rings. The first-order chi connectivity index (χ1) is 9.29. The zero-order valence-electron chi connectivity index (χ0n) is 11.4. The van der Waals surface area contributed by atoms with Gasteiger partial charge in [-0.2, -0.15) is 0 Å². The van der Waals surface area contributed by atoms with Crippen LogP contribution in [0.25, 0.3) is 0 Å². The maximum Gasteiger partial charge on any atom is 0.0406 e. The molecule has 2 fully saturated rings. The average molecular weight is 279 g/mol. The highest BCUT2D eigenvalue weighted by atomic mass is 35.5. The van der Waals surface area contributed by atoms with Crippen LogP contribution in [0.3, 0.4) is 0 Å². The minimum absolute atomic E-state index is 0.830. The van der Waals surface area contributed by atoms with E-state index in [-0.39, 0.29) is 0 Å². The normalized spacial score (nSPS) is 23.9. The third-order valence-corrected chi connectivity index (χ3v) is 4.52. The molecule has 0 aromatic heterocycles. The lowest BCUT2D eigenvalue weighted by atomic mass is 10.1. The molecule has 0 bridgehead atoms. The Bertz CT molecular complexity index is 400. The Kier molecular flexibility index (Phi) is 4.42. The number of halogens is 1. The van der Waals surface area contributed by atoms with Gasteiger partial charge in [0.1, 0.15) is 0 Å². The zero-order chi connectivity index (χ0) is 13.1. The molecule has 1 aliphatic heterocycles. The molecule has 2 nitrogen and oxygen atoms in total. The van der Waals surface area contributed by atoms with Gasteiger partial charge in [0.25, 0.3) is 0 Å². The van der Waals surface area contributed by atoms with E-state index in [4.69, 9.17) is 11.6 Å². The quantitative estimate of drug-likeness (QED) is 0.861. The van der Waals surface area contributed by atoms with Crippen molar-refractivity contribution in [2.24, 2.45) is 5.92 Å². The van der Waals surface area contributed by atoms with Gasteiger partial charge in [0.05, 0.1) is 0 Å². The smallest absolute Gasteiger partial charge is 0.0406 e. The van der Waals surface area contributed by atoms with Crippen molar-refractivity contribution in [2.75, 3.05) is 26.2 Å². The van der Waals surface area contributed by atoms with Gasteiger partial charge in [-0.15, -0.1) is 0 Å². The average Bonchev–Trinajstić information content (AvgIpc) is 3.15. The highest BCUT2D eigenvalue weighted by Crippen LogP contribution is 2.21. The van der Waals surface area contributed by atoms with Crippen LogP contribution in [-0.2, 0) is 6.42 Å². The third kappa shape index (κ3) is 4.20. The van der Waals surface area contributed by atoms with E-state index in [0.717, 1.165) is 23.4 Å². The van der Waals surface area contributed by atoms with Crippen molar-refractivity contribution in [3.63, 3.8) is 0 Å². The van der Waals surface area contributed by atoms with Crippen molar-refractivity contribution in [3.05, 3.63) is 34.9 Å². The SMILES string of the molecule is Clc1ccc(CCN2CCC(CNC3CC3)C2)cc1. The molecule has 0 amide bonds. The molecule has 1 saturated heterocycles. The number of hydrogen-bond acceptors (Lipinski definition) is 2. The number of rotatable bonds is 6. The standard InChI is InChI=1S/C16H23ClN2/c17-15-3-1-13(2-4-15)7-9-19-10-8-14(12-19)11-18-16-5-6-16/h1-4,14,16,18H,5-12H2. The summed E-state index contributed by atoms with van der Waals surface area (Å²) in [6, 6.07) is 9.12. The van der Waals surface area contributed by atoms with Gasteiger partial charge >= 0.3 is 0 Å². The fourth-order valence-electron chi connectivity index (χ4n) is 2.84. The maximum absolute atomic E-state index is 5.91. The Morgan fingerprint density at radius 1 is 1.16 bits per heavy atom. The molecule has 104 valence electrons. The molecule has 1 aromatic rings. The Balaban J connectivity index is 1.37. The summed E-state index contributed by atoms with van der Waals surface area (Å²) >= 11 is 5.91. The van der Waals surface area contributed by atoms with Crippen molar-refractivity contribution >= 4 is 11.6 Å². The van der Waals surface area contributed by atoms with Crippen molar-refractivity contribution in [1.29, 1.82) is 0 Å². The first kappa shape index (κ1) is 13.4. The van der Waals surface area contributed by atoms with Crippen LogP contribution in [0.5, 0.6) is 0 Å².